The molecule has 8 nitrogen and oxygen atoms in total. The highest BCUT2D eigenvalue weighted by Gasteiger charge is 2.13. The van der Waals surface area contributed by atoms with E-state index in [0.717, 1.165) is 11.1 Å². The van der Waals surface area contributed by atoms with Crippen LogP contribution in [0.4, 0.5) is 0 Å². The van der Waals surface area contributed by atoms with E-state index >= 15 is 0 Å². The lowest BCUT2D eigenvalue weighted by Crippen LogP contribution is -2.23. The molecule has 2 aromatic heterocycles. The highest BCUT2D eigenvalue weighted by Crippen LogP contribution is 2.28. The molecule has 0 atom stereocenters. The first kappa shape index (κ1) is 21.3. The fourth-order valence-electron chi connectivity index (χ4n) is 2.98. The lowest BCUT2D eigenvalue weighted by atomic mass is 10.2. The van der Waals surface area contributed by atoms with E-state index < -0.39 is 5.97 Å². The standard InChI is InChI=1S/C23H19N3O5S/c1-4-11-30-17-8-6-16(7-9-17)21-24-23-26(25-21)22(28)20(32-23)13-15-5-10-18(31-14(2)27)19(12-15)29-3/h4-10,12-13H,1,11H2,2-3H3. The van der Waals surface area contributed by atoms with E-state index in [1.54, 1.807) is 30.4 Å². The Labute approximate surface area is 187 Å². The zero-order chi connectivity index (χ0) is 22.7. The molecule has 0 fully saturated rings. The van der Waals surface area contributed by atoms with Crippen molar-refractivity contribution in [3.05, 3.63) is 75.6 Å². The van der Waals surface area contributed by atoms with Crippen molar-refractivity contribution in [1.29, 1.82) is 0 Å². The fourth-order valence-corrected chi connectivity index (χ4v) is 3.88. The van der Waals surface area contributed by atoms with Gasteiger partial charge in [-0.3, -0.25) is 9.59 Å². The van der Waals surface area contributed by atoms with Gasteiger partial charge in [-0.1, -0.05) is 30.1 Å². The van der Waals surface area contributed by atoms with Crippen LogP contribution in [-0.2, 0) is 4.79 Å². The molecule has 2 heterocycles. The van der Waals surface area contributed by atoms with Crippen LogP contribution in [0.15, 0.2) is 59.9 Å². The molecule has 0 spiro atoms. The smallest absolute Gasteiger partial charge is 0.308 e. The Balaban J connectivity index is 1.64. The Morgan fingerprint density at radius 1 is 1.19 bits per heavy atom. The molecule has 0 bridgehead atoms. The minimum absolute atomic E-state index is 0.266. The summed E-state index contributed by atoms with van der Waals surface area (Å²) in [6.07, 6.45) is 3.39. The molecule has 162 valence electrons. The lowest BCUT2D eigenvalue weighted by molar-refractivity contribution is -0.132. The Bertz CT molecular complexity index is 1410. The molecule has 0 aliphatic heterocycles. The summed E-state index contributed by atoms with van der Waals surface area (Å²) in [6.45, 7) is 5.36. The van der Waals surface area contributed by atoms with E-state index in [9.17, 15) is 9.59 Å². The van der Waals surface area contributed by atoms with Crippen molar-refractivity contribution in [3.8, 4) is 28.6 Å². The van der Waals surface area contributed by atoms with Gasteiger partial charge in [0.25, 0.3) is 5.56 Å². The normalized spacial score (nSPS) is 11.5. The first-order chi connectivity index (χ1) is 15.5. The quantitative estimate of drug-likeness (QED) is 0.243. The van der Waals surface area contributed by atoms with Crippen LogP contribution in [0.5, 0.6) is 17.2 Å². The van der Waals surface area contributed by atoms with Crippen molar-refractivity contribution in [1.82, 2.24) is 14.6 Å². The Morgan fingerprint density at radius 2 is 1.97 bits per heavy atom. The number of esters is 1. The van der Waals surface area contributed by atoms with Crippen LogP contribution in [0, 0.1) is 0 Å². The number of hydrogen-bond donors (Lipinski definition) is 0. The van der Waals surface area contributed by atoms with Crippen LogP contribution < -0.4 is 24.3 Å². The number of carbonyl (C=O) groups is 1. The van der Waals surface area contributed by atoms with Gasteiger partial charge < -0.3 is 14.2 Å². The maximum absolute atomic E-state index is 12.8. The van der Waals surface area contributed by atoms with Crippen molar-refractivity contribution >= 4 is 28.3 Å². The number of aromatic nitrogens is 3. The van der Waals surface area contributed by atoms with E-state index in [0.29, 0.717) is 39.2 Å². The number of benzene rings is 2. The third-order valence-electron chi connectivity index (χ3n) is 4.40. The molecule has 0 unspecified atom stereocenters. The molecule has 0 N–H and O–H groups in total. The minimum atomic E-state index is -0.442. The monoisotopic (exact) mass is 449 g/mol. The zero-order valence-corrected chi connectivity index (χ0v) is 18.2. The molecule has 0 saturated carbocycles. The number of fused-ring (bicyclic) bond motifs is 1. The van der Waals surface area contributed by atoms with Gasteiger partial charge in [0, 0.05) is 12.5 Å². The molecule has 4 rings (SSSR count). The van der Waals surface area contributed by atoms with Crippen LogP contribution in [0.1, 0.15) is 12.5 Å². The third-order valence-corrected chi connectivity index (χ3v) is 5.36. The van der Waals surface area contributed by atoms with Crippen molar-refractivity contribution < 1.29 is 19.0 Å². The number of methoxy groups -OCH3 is 1. The first-order valence-corrected chi connectivity index (χ1v) is 10.4. The van der Waals surface area contributed by atoms with Gasteiger partial charge in [-0.25, -0.2) is 0 Å². The maximum Gasteiger partial charge on any atom is 0.308 e. The molecule has 0 aliphatic rings. The largest absolute Gasteiger partial charge is 0.493 e. The Kier molecular flexibility index (Phi) is 6.00. The minimum Gasteiger partial charge on any atom is -0.493 e. The number of carbonyl (C=O) groups excluding carboxylic acids is 1. The van der Waals surface area contributed by atoms with E-state index in [4.69, 9.17) is 14.2 Å². The van der Waals surface area contributed by atoms with Gasteiger partial charge in [0.1, 0.15) is 12.4 Å². The van der Waals surface area contributed by atoms with Crippen molar-refractivity contribution in [2.24, 2.45) is 0 Å². The molecule has 32 heavy (non-hydrogen) atoms. The van der Waals surface area contributed by atoms with Crippen molar-refractivity contribution in [2.75, 3.05) is 13.7 Å². The lowest BCUT2D eigenvalue weighted by Gasteiger charge is -2.08. The van der Waals surface area contributed by atoms with Crippen LogP contribution in [0.3, 0.4) is 0 Å². The van der Waals surface area contributed by atoms with Gasteiger partial charge in [-0.2, -0.15) is 9.50 Å². The molecule has 9 heteroatoms. The van der Waals surface area contributed by atoms with E-state index in [-0.39, 0.29) is 5.56 Å². The van der Waals surface area contributed by atoms with Crippen LogP contribution in [-0.4, -0.2) is 34.3 Å². The topological polar surface area (TPSA) is 92.0 Å². The van der Waals surface area contributed by atoms with Gasteiger partial charge in [-0.05, 0) is 48.0 Å². The Hall–Kier alpha value is -3.98. The predicted molar refractivity (Wildman–Crippen MR) is 121 cm³/mol. The summed E-state index contributed by atoms with van der Waals surface area (Å²) in [5.41, 5.74) is 1.23. The molecule has 0 aliphatic carbocycles. The highest BCUT2D eigenvalue weighted by molar-refractivity contribution is 7.15. The molecule has 2 aromatic carbocycles. The molecular formula is C23H19N3O5S. The van der Waals surface area contributed by atoms with Gasteiger partial charge in [0.05, 0.1) is 11.6 Å². The van der Waals surface area contributed by atoms with Gasteiger partial charge >= 0.3 is 5.97 Å². The van der Waals surface area contributed by atoms with E-state index in [1.807, 2.05) is 24.3 Å². The summed E-state index contributed by atoms with van der Waals surface area (Å²) >= 11 is 1.24. The second-order valence-corrected chi connectivity index (χ2v) is 7.68. The molecular weight excluding hydrogens is 430 g/mol. The zero-order valence-electron chi connectivity index (χ0n) is 17.4. The van der Waals surface area contributed by atoms with Crippen molar-refractivity contribution in [3.63, 3.8) is 0 Å². The average Bonchev–Trinajstić information content (AvgIpc) is 3.32. The molecule has 0 saturated heterocycles. The van der Waals surface area contributed by atoms with Crippen LogP contribution >= 0.6 is 11.3 Å². The number of hydrogen-bond acceptors (Lipinski definition) is 8. The maximum atomic E-state index is 12.8. The number of nitrogens with zero attached hydrogens (tertiary/aromatic N) is 3. The predicted octanol–water partition coefficient (Wildman–Crippen LogP) is 2.86. The van der Waals surface area contributed by atoms with Crippen LogP contribution in [0.2, 0.25) is 0 Å². The van der Waals surface area contributed by atoms with E-state index in [2.05, 4.69) is 16.7 Å². The van der Waals surface area contributed by atoms with E-state index in [1.165, 1.54) is 29.9 Å². The summed E-state index contributed by atoms with van der Waals surface area (Å²) in [7, 11) is 1.48. The Morgan fingerprint density at radius 3 is 2.62 bits per heavy atom. The molecule has 0 amide bonds. The third kappa shape index (κ3) is 4.37. The second kappa shape index (κ2) is 9.03. The summed E-state index contributed by atoms with van der Waals surface area (Å²) in [6, 6.07) is 12.4. The van der Waals surface area contributed by atoms with Gasteiger partial charge in [-0.15, -0.1) is 5.10 Å². The van der Waals surface area contributed by atoms with Gasteiger partial charge in [0.2, 0.25) is 4.96 Å². The van der Waals surface area contributed by atoms with Crippen molar-refractivity contribution in [2.45, 2.75) is 6.92 Å². The summed E-state index contributed by atoms with van der Waals surface area (Å²) < 4.78 is 17.6. The molecule has 0 radical (unpaired) electrons. The number of thiazole rings is 1. The van der Waals surface area contributed by atoms with Crippen LogP contribution in [0.25, 0.3) is 22.4 Å². The molecule has 4 aromatic rings. The average molecular weight is 449 g/mol. The van der Waals surface area contributed by atoms with Gasteiger partial charge in [0.15, 0.2) is 17.3 Å². The SMILES string of the molecule is C=CCOc1ccc(-c2nc3sc(=Cc4ccc(OC(C)=O)c(OC)c4)c(=O)n3n2)cc1. The highest BCUT2D eigenvalue weighted by atomic mass is 32.1. The fraction of sp³-hybridized carbons (Fsp3) is 0.130. The number of rotatable bonds is 7. The summed E-state index contributed by atoms with van der Waals surface area (Å²) in [5, 5.41) is 4.36. The number of ether oxygens (including phenoxy) is 3. The first-order valence-electron chi connectivity index (χ1n) is 9.60. The summed E-state index contributed by atoms with van der Waals surface area (Å²) in [4.78, 5) is 29.0. The summed E-state index contributed by atoms with van der Waals surface area (Å²) in [5.74, 6) is 1.44. The second-order valence-electron chi connectivity index (χ2n) is 6.67.